The predicted molar refractivity (Wildman–Crippen MR) is 112 cm³/mol. The van der Waals surface area contributed by atoms with Gasteiger partial charge in [0.05, 0.1) is 17.2 Å². The third-order valence-electron chi connectivity index (χ3n) is 5.57. The van der Waals surface area contributed by atoms with Crippen LogP contribution >= 0.6 is 0 Å². The predicted octanol–water partition coefficient (Wildman–Crippen LogP) is 2.00. The molecule has 4 heterocycles. The van der Waals surface area contributed by atoms with Gasteiger partial charge in [0.25, 0.3) is 0 Å². The van der Waals surface area contributed by atoms with E-state index < -0.39 is 0 Å². The Morgan fingerprint density at radius 1 is 1.17 bits per heavy atom. The van der Waals surface area contributed by atoms with Gasteiger partial charge in [-0.05, 0) is 44.7 Å². The lowest BCUT2D eigenvalue weighted by molar-refractivity contribution is -0.134. The number of hydrogen-bond acceptors (Lipinski definition) is 6. The minimum atomic E-state index is -0.00233. The van der Waals surface area contributed by atoms with Crippen LogP contribution in [0.15, 0.2) is 24.5 Å². The van der Waals surface area contributed by atoms with Gasteiger partial charge in [-0.1, -0.05) is 11.8 Å². The molecule has 0 aliphatic carbocycles. The third kappa shape index (κ3) is 4.32. The van der Waals surface area contributed by atoms with E-state index in [0.29, 0.717) is 6.54 Å². The second-order valence-electron chi connectivity index (χ2n) is 7.68. The molecule has 150 valence electrons. The van der Waals surface area contributed by atoms with Gasteiger partial charge in [-0.2, -0.15) is 4.98 Å². The number of hydrogen-bond donors (Lipinski definition) is 1. The Labute approximate surface area is 171 Å². The number of pyridine rings is 1. The molecule has 7 nitrogen and oxygen atoms in total. The second kappa shape index (κ2) is 8.48. The molecule has 2 N–H and O–H groups in total. The first-order valence-electron chi connectivity index (χ1n) is 10.2. The number of nitrogens with two attached hydrogens (primary N) is 1. The van der Waals surface area contributed by atoms with Crippen molar-refractivity contribution in [1.82, 2.24) is 19.9 Å². The van der Waals surface area contributed by atoms with Gasteiger partial charge in [-0.15, -0.1) is 0 Å². The number of likely N-dealkylation sites (tertiary alicyclic amines) is 1. The highest BCUT2D eigenvalue weighted by atomic mass is 16.2. The van der Waals surface area contributed by atoms with Crippen molar-refractivity contribution < 1.29 is 4.79 Å². The van der Waals surface area contributed by atoms with Crippen molar-refractivity contribution >= 4 is 17.7 Å². The summed E-state index contributed by atoms with van der Waals surface area (Å²) in [4.78, 5) is 30.0. The summed E-state index contributed by atoms with van der Waals surface area (Å²) in [6.45, 7) is 5.15. The molecule has 2 fully saturated rings. The molecule has 29 heavy (non-hydrogen) atoms. The van der Waals surface area contributed by atoms with Crippen molar-refractivity contribution in [2.75, 3.05) is 36.8 Å². The van der Waals surface area contributed by atoms with Gasteiger partial charge >= 0.3 is 0 Å². The first-order valence-corrected chi connectivity index (χ1v) is 10.2. The highest BCUT2D eigenvalue weighted by Gasteiger charge is 2.32. The molecule has 7 heteroatoms. The van der Waals surface area contributed by atoms with Crippen molar-refractivity contribution in [3.63, 3.8) is 0 Å². The van der Waals surface area contributed by atoms with Crippen LogP contribution in [0.5, 0.6) is 0 Å². The highest BCUT2D eigenvalue weighted by molar-refractivity contribution is 5.80. The molecule has 4 rings (SSSR count). The lowest BCUT2D eigenvalue weighted by Gasteiger charge is -2.35. The van der Waals surface area contributed by atoms with E-state index >= 15 is 0 Å². The Hall–Kier alpha value is -3.14. The minimum absolute atomic E-state index is 0.00233. The Kier molecular flexibility index (Phi) is 5.61. The van der Waals surface area contributed by atoms with E-state index in [1.165, 1.54) is 0 Å². The van der Waals surface area contributed by atoms with Crippen LogP contribution in [0.4, 0.5) is 11.8 Å². The van der Waals surface area contributed by atoms with Crippen molar-refractivity contribution in [2.24, 2.45) is 5.92 Å². The summed E-state index contributed by atoms with van der Waals surface area (Å²) >= 11 is 0. The summed E-state index contributed by atoms with van der Waals surface area (Å²) in [6.07, 6.45) is 7.53. The van der Waals surface area contributed by atoms with Gasteiger partial charge in [-0.3, -0.25) is 9.78 Å². The molecule has 0 aromatic carbocycles. The number of piperidine rings is 1. The summed E-state index contributed by atoms with van der Waals surface area (Å²) in [5, 5.41) is 0. The van der Waals surface area contributed by atoms with E-state index in [-0.39, 0.29) is 17.8 Å². The lowest BCUT2D eigenvalue weighted by atomic mass is 9.96. The number of aryl methyl sites for hydroxylation is 1. The summed E-state index contributed by atoms with van der Waals surface area (Å²) < 4.78 is 0. The number of amides is 1. The molecular formula is C22H26N6O. The van der Waals surface area contributed by atoms with Crippen LogP contribution in [-0.2, 0) is 4.79 Å². The number of nitrogen functional groups attached to an aromatic ring is 1. The van der Waals surface area contributed by atoms with Crippen LogP contribution in [-0.4, -0.2) is 51.9 Å². The Bertz CT molecular complexity index is 943. The molecular weight excluding hydrogens is 364 g/mol. The number of carbonyl (C=O) groups is 1. The van der Waals surface area contributed by atoms with E-state index in [2.05, 4.69) is 31.7 Å². The summed E-state index contributed by atoms with van der Waals surface area (Å²) in [5.74, 6) is 7.59. The van der Waals surface area contributed by atoms with Crippen LogP contribution in [0.3, 0.4) is 0 Å². The second-order valence-corrected chi connectivity index (χ2v) is 7.68. The zero-order valence-corrected chi connectivity index (χ0v) is 16.8. The average molecular weight is 390 g/mol. The Morgan fingerprint density at radius 3 is 2.76 bits per heavy atom. The fourth-order valence-corrected chi connectivity index (χ4v) is 4.09. The van der Waals surface area contributed by atoms with Gasteiger partial charge in [0, 0.05) is 44.1 Å². The van der Waals surface area contributed by atoms with Gasteiger partial charge in [0.1, 0.15) is 5.82 Å². The number of aromatic nitrogens is 3. The van der Waals surface area contributed by atoms with E-state index in [0.717, 1.165) is 68.0 Å². The van der Waals surface area contributed by atoms with Crippen molar-refractivity contribution in [3.8, 4) is 11.8 Å². The normalized spacial score (nSPS) is 19.0. The molecule has 2 aromatic rings. The van der Waals surface area contributed by atoms with Crippen LogP contribution in [0.25, 0.3) is 0 Å². The SMILES string of the molecule is Cc1nc(N)nc(N2CCCC(C(=O)N3CCCC3)C2)c1C#Cc1cccnc1. The maximum Gasteiger partial charge on any atom is 0.227 e. The number of carbonyl (C=O) groups excluding carboxylic acids is 1. The molecule has 1 amide bonds. The van der Waals surface area contributed by atoms with Gasteiger partial charge in [0.2, 0.25) is 11.9 Å². The molecule has 1 atom stereocenters. The number of nitrogens with zero attached hydrogens (tertiary/aromatic N) is 5. The molecule has 0 spiro atoms. The fraction of sp³-hybridized carbons (Fsp3) is 0.455. The van der Waals surface area contributed by atoms with Crippen molar-refractivity contribution in [1.29, 1.82) is 0 Å². The van der Waals surface area contributed by atoms with E-state index in [1.54, 1.807) is 12.4 Å². The maximum atomic E-state index is 12.9. The van der Waals surface area contributed by atoms with Gasteiger partial charge in [-0.25, -0.2) is 4.98 Å². The highest BCUT2D eigenvalue weighted by Crippen LogP contribution is 2.28. The molecule has 2 saturated heterocycles. The average Bonchev–Trinajstić information content (AvgIpc) is 3.28. The Morgan fingerprint density at radius 2 is 2.00 bits per heavy atom. The van der Waals surface area contributed by atoms with Crippen molar-refractivity contribution in [2.45, 2.75) is 32.6 Å². The molecule has 0 bridgehead atoms. The number of anilines is 2. The molecule has 2 aliphatic rings. The fourth-order valence-electron chi connectivity index (χ4n) is 4.09. The van der Waals surface area contributed by atoms with E-state index in [4.69, 9.17) is 5.73 Å². The monoisotopic (exact) mass is 390 g/mol. The standard InChI is InChI=1S/C22H26N6O/c1-16-19(9-8-17-6-4-10-24-14-17)20(26-22(23)25-16)28-13-5-7-18(15-28)21(29)27-11-2-3-12-27/h4,6,10,14,18H,2-3,5,7,11-13,15H2,1H3,(H2,23,25,26). The van der Waals surface area contributed by atoms with E-state index in [1.807, 2.05) is 24.0 Å². The lowest BCUT2D eigenvalue weighted by Crippen LogP contribution is -2.44. The van der Waals surface area contributed by atoms with Gasteiger partial charge < -0.3 is 15.5 Å². The molecule has 2 aliphatic heterocycles. The zero-order chi connectivity index (χ0) is 20.2. The quantitative estimate of drug-likeness (QED) is 0.789. The maximum absolute atomic E-state index is 12.9. The summed E-state index contributed by atoms with van der Waals surface area (Å²) in [6, 6.07) is 3.77. The van der Waals surface area contributed by atoms with Crippen molar-refractivity contribution in [3.05, 3.63) is 41.3 Å². The topological polar surface area (TPSA) is 88.2 Å². The third-order valence-corrected chi connectivity index (χ3v) is 5.57. The Balaban J connectivity index is 1.61. The van der Waals surface area contributed by atoms with E-state index in [9.17, 15) is 4.79 Å². The number of rotatable bonds is 2. The minimum Gasteiger partial charge on any atom is -0.368 e. The first kappa shape index (κ1) is 19.2. The van der Waals surface area contributed by atoms with Crippen LogP contribution in [0, 0.1) is 24.7 Å². The first-order chi connectivity index (χ1) is 14.1. The molecule has 0 radical (unpaired) electrons. The molecule has 2 aromatic heterocycles. The van der Waals surface area contributed by atoms with Crippen LogP contribution in [0.2, 0.25) is 0 Å². The van der Waals surface area contributed by atoms with Crippen LogP contribution in [0.1, 0.15) is 42.5 Å². The summed E-state index contributed by atoms with van der Waals surface area (Å²) in [5.41, 5.74) is 8.29. The summed E-state index contributed by atoms with van der Waals surface area (Å²) in [7, 11) is 0. The smallest absolute Gasteiger partial charge is 0.227 e. The van der Waals surface area contributed by atoms with Crippen LogP contribution < -0.4 is 10.6 Å². The van der Waals surface area contributed by atoms with Gasteiger partial charge in [0.15, 0.2) is 0 Å². The molecule has 1 unspecified atom stereocenters. The zero-order valence-electron chi connectivity index (χ0n) is 16.8. The largest absolute Gasteiger partial charge is 0.368 e. The molecule has 0 saturated carbocycles.